The van der Waals surface area contributed by atoms with Gasteiger partial charge in [-0.05, 0) is 43.2 Å². The Labute approximate surface area is 99.8 Å². The van der Waals surface area contributed by atoms with E-state index >= 15 is 0 Å². The fraction of sp³-hybridized carbons (Fsp3) is 0.143. The van der Waals surface area contributed by atoms with Gasteiger partial charge in [0.15, 0.2) is 0 Å². The number of rotatable bonds is 2. The number of benzene rings is 2. The Hall–Kier alpha value is -2.03. The van der Waals surface area contributed by atoms with Gasteiger partial charge in [0.05, 0.1) is 0 Å². The minimum Gasteiger partial charge on any atom is -0.457 e. The van der Waals surface area contributed by atoms with Crippen LogP contribution in [0.25, 0.3) is 0 Å². The minimum absolute atomic E-state index is 0.275. The van der Waals surface area contributed by atoms with E-state index in [1.54, 1.807) is 25.1 Å². The first-order valence-corrected chi connectivity index (χ1v) is 5.36. The Bertz CT molecular complexity index is 532. The van der Waals surface area contributed by atoms with Crippen LogP contribution in [0.1, 0.15) is 11.1 Å². The van der Waals surface area contributed by atoms with Gasteiger partial charge in [-0.3, -0.25) is 0 Å². The lowest BCUT2D eigenvalue weighted by atomic mass is 10.2. The molecule has 3 heteroatoms. The quantitative estimate of drug-likeness (QED) is 0.797. The second kappa shape index (κ2) is 4.45. The normalized spacial score (nSPS) is 10.3. The van der Waals surface area contributed by atoms with Crippen molar-refractivity contribution in [1.29, 1.82) is 0 Å². The van der Waals surface area contributed by atoms with Gasteiger partial charge in [0, 0.05) is 17.8 Å². The molecule has 2 aromatic rings. The van der Waals surface area contributed by atoms with Gasteiger partial charge in [0.25, 0.3) is 0 Å². The molecule has 0 saturated heterocycles. The van der Waals surface area contributed by atoms with Crippen molar-refractivity contribution in [1.82, 2.24) is 0 Å². The second-order valence-electron chi connectivity index (χ2n) is 4.09. The molecule has 2 rings (SSSR count). The predicted molar refractivity (Wildman–Crippen MR) is 66.8 cm³/mol. The Morgan fingerprint density at radius 1 is 1.00 bits per heavy atom. The van der Waals surface area contributed by atoms with Gasteiger partial charge < -0.3 is 10.5 Å². The van der Waals surface area contributed by atoms with Crippen LogP contribution in [-0.4, -0.2) is 0 Å². The zero-order valence-electron chi connectivity index (χ0n) is 9.83. The third-order valence-corrected chi connectivity index (χ3v) is 2.45. The van der Waals surface area contributed by atoms with Gasteiger partial charge in [0.2, 0.25) is 0 Å². The summed E-state index contributed by atoms with van der Waals surface area (Å²) < 4.78 is 18.9. The Kier molecular flexibility index (Phi) is 3.00. The summed E-state index contributed by atoms with van der Waals surface area (Å²) >= 11 is 0. The highest BCUT2D eigenvalue weighted by Gasteiger charge is 2.03. The number of ether oxygens (including phenoxy) is 1. The summed E-state index contributed by atoms with van der Waals surface area (Å²) in [6.07, 6.45) is 0. The van der Waals surface area contributed by atoms with Crippen LogP contribution in [0, 0.1) is 19.7 Å². The van der Waals surface area contributed by atoms with E-state index in [-0.39, 0.29) is 5.82 Å². The van der Waals surface area contributed by atoms with Crippen LogP contribution in [0.2, 0.25) is 0 Å². The third-order valence-electron chi connectivity index (χ3n) is 2.45. The molecule has 0 aromatic heterocycles. The number of anilines is 1. The predicted octanol–water partition coefficient (Wildman–Crippen LogP) is 3.82. The van der Waals surface area contributed by atoms with Gasteiger partial charge in [0.1, 0.15) is 17.3 Å². The average Bonchev–Trinajstić information content (AvgIpc) is 2.22. The zero-order valence-corrected chi connectivity index (χ0v) is 9.83. The smallest absolute Gasteiger partial charge is 0.130 e. The molecule has 17 heavy (non-hydrogen) atoms. The summed E-state index contributed by atoms with van der Waals surface area (Å²) in [6.45, 7) is 3.64. The number of aryl methyl sites for hydroxylation is 2. The molecule has 0 aliphatic carbocycles. The van der Waals surface area contributed by atoms with Crippen LogP contribution >= 0.6 is 0 Å². The first-order chi connectivity index (χ1) is 8.04. The molecule has 0 saturated carbocycles. The van der Waals surface area contributed by atoms with Gasteiger partial charge in [-0.1, -0.05) is 6.07 Å². The summed E-state index contributed by atoms with van der Waals surface area (Å²) in [5.41, 5.74) is 7.95. The monoisotopic (exact) mass is 231 g/mol. The van der Waals surface area contributed by atoms with E-state index in [0.29, 0.717) is 22.7 Å². The van der Waals surface area contributed by atoms with E-state index < -0.39 is 0 Å². The summed E-state index contributed by atoms with van der Waals surface area (Å²) in [7, 11) is 0. The van der Waals surface area contributed by atoms with Crippen LogP contribution in [0.4, 0.5) is 10.1 Å². The topological polar surface area (TPSA) is 35.2 Å². The maximum absolute atomic E-state index is 13.3. The molecular weight excluding hydrogens is 217 g/mol. The maximum atomic E-state index is 13.3. The minimum atomic E-state index is -0.275. The van der Waals surface area contributed by atoms with Crippen molar-refractivity contribution in [3.05, 3.63) is 53.3 Å². The van der Waals surface area contributed by atoms with Crippen molar-refractivity contribution in [3.63, 3.8) is 0 Å². The van der Waals surface area contributed by atoms with Crippen LogP contribution in [0.15, 0.2) is 36.4 Å². The molecule has 0 atom stereocenters. The van der Waals surface area contributed by atoms with Crippen molar-refractivity contribution in [3.8, 4) is 11.5 Å². The van der Waals surface area contributed by atoms with E-state index in [1.165, 1.54) is 6.07 Å². The van der Waals surface area contributed by atoms with Gasteiger partial charge in [-0.2, -0.15) is 0 Å². The summed E-state index contributed by atoms with van der Waals surface area (Å²) in [4.78, 5) is 0. The van der Waals surface area contributed by atoms with E-state index in [0.717, 1.165) is 5.56 Å². The molecule has 0 amide bonds. The molecule has 0 radical (unpaired) electrons. The standard InChI is InChI=1S/C14H14FNO/c1-9-5-11(16)7-13(6-9)17-12-4-3-10(2)14(15)8-12/h3-8H,16H2,1-2H3. The summed E-state index contributed by atoms with van der Waals surface area (Å²) in [6, 6.07) is 10.2. The number of hydrogen-bond acceptors (Lipinski definition) is 2. The van der Waals surface area contributed by atoms with Crippen LogP contribution < -0.4 is 10.5 Å². The molecule has 0 heterocycles. The van der Waals surface area contributed by atoms with Crippen LogP contribution in [0.5, 0.6) is 11.5 Å². The Morgan fingerprint density at radius 3 is 2.41 bits per heavy atom. The second-order valence-corrected chi connectivity index (χ2v) is 4.09. The maximum Gasteiger partial charge on any atom is 0.130 e. The average molecular weight is 231 g/mol. The van der Waals surface area contributed by atoms with E-state index in [4.69, 9.17) is 10.5 Å². The molecule has 0 spiro atoms. The lowest BCUT2D eigenvalue weighted by molar-refractivity contribution is 0.476. The van der Waals surface area contributed by atoms with E-state index in [2.05, 4.69) is 0 Å². The van der Waals surface area contributed by atoms with Gasteiger partial charge in [-0.15, -0.1) is 0 Å². The summed E-state index contributed by atoms with van der Waals surface area (Å²) in [5.74, 6) is 0.812. The van der Waals surface area contributed by atoms with Crippen molar-refractivity contribution in [2.24, 2.45) is 0 Å². The molecule has 0 aliphatic rings. The molecular formula is C14H14FNO. The largest absolute Gasteiger partial charge is 0.457 e. The Balaban J connectivity index is 2.28. The molecule has 0 unspecified atom stereocenters. The molecule has 2 N–H and O–H groups in total. The molecule has 0 aliphatic heterocycles. The first-order valence-electron chi connectivity index (χ1n) is 5.36. The van der Waals surface area contributed by atoms with Crippen molar-refractivity contribution >= 4 is 5.69 Å². The highest BCUT2D eigenvalue weighted by molar-refractivity contribution is 5.48. The van der Waals surface area contributed by atoms with E-state index in [1.807, 2.05) is 19.1 Å². The SMILES string of the molecule is Cc1cc(N)cc(Oc2ccc(C)c(F)c2)c1. The molecule has 0 bridgehead atoms. The third kappa shape index (κ3) is 2.75. The number of nitrogen functional groups attached to an aromatic ring is 1. The number of halogens is 1. The van der Waals surface area contributed by atoms with Crippen LogP contribution in [-0.2, 0) is 0 Å². The molecule has 0 fully saturated rings. The van der Waals surface area contributed by atoms with Crippen LogP contribution in [0.3, 0.4) is 0 Å². The lowest BCUT2D eigenvalue weighted by Gasteiger charge is -2.08. The molecule has 2 aromatic carbocycles. The van der Waals surface area contributed by atoms with Crippen molar-refractivity contribution < 1.29 is 9.13 Å². The number of nitrogens with two attached hydrogens (primary N) is 1. The highest BCUT2D eigenvalue weighted by atomic mass is 19.1. The van der Waals surface area contributed by atoms with E-state index in [9.17, 15) is 4.39 Å². The van der Waals surface area contributed by atoms with Gasteiger partial charge in [-0.25, -0.2) is 4.39 Å². The zero-order chi connectivity index (χ0) is 12.4. The fourth-order valence-electron chi connectivity index (χ4n) is 1.61. The van der Waals surface area contributed by atoms with Crippen molar-refractivity contribution in [2.45, 2.75) is 13.8 Å². The van der Waals surface area contributed by atoms with Gasteiger partial charge >= 0.3 is 0 Å². The van der Waals surface area contributed by atoms with Crippen molar-refractivity contribution in [2.75, 3.05) is 5.73 Å². The molecule has 2 nitrogen and oxygen atoms in total. The summed E-state index contributed by atoms with van der Waals surface area (Å²) in [5, 5.41) is 0. The first kappa shape index (κ1) is 11.5. The highest BCUT2D eigenvalue weighted by Crippen LogP contribution is 2.26. The fourth-order valence-corrected chi connectivity index (χ4v) is 1.61. The number of hydrogen-bond donors (Lipinski definition) is 1. The Morgan fingerprint density at radius 2 is 1.76 bits per heavy atom. The molecule has 88 valence electrons. The lowest BCUT2D eigenvalue weighted by Crippen LogP contribution is -1.91.